The summed E-state index contributed by atoms with van der Waals surface area (Å²) < 4.78 is 0. The zero-order chi connectivity index (χ0) is 10.8. The molecule has 0 fully saturated rings. The lowest BCUT2D eigenvalue weighted by atomic mass is 9.85. The molecule has 76 valence electrons. The monoisotopic (exact) mass is 188 g/mol. The van der Waals surface area contributed by atoms with Crippen LogP contribution in [0.4, 0.5) is 0 Å². The van der Waals surface area contributed by atoms with Crippen LogP contribution in [-0.4, -0.2) is 0 Å². The van der Waals surface area contributed by atoms with E-state index in [1.807, 2.05) is 0 Å². The van der Waals surface area contributed by atoms with Gasteiger partial charge in [-0.05, 0) is 30.4 Å². The molecule has 0 aliphatic rings. The molecule has 1 rings (SSSR count). The van der Waals surface area contributed by atoms with Crippen LogP contribution < -0.4 is 0 Å². The van der Waals surface area contributed by atoms with E-state index in [4.69, 9.17) is 0 Å². The first-order chi connectivity index (χ1) is 6.43. The molecule has 0 aliphatic carbocycles. The van der Waals surface area contributed by atoms with E-state index in [9.17, 15) is 0 Å². The van der Waals surface area contributed by atoms with Crippen molar-refractivity contribution in [2.75, 3.05) is 0 Å². The predicted molar refractivity (Wildman–Crippen MR) is 64.6 cm³/mol. The summed E-state index contributed by atoms with van der Waals surface area (Å²) in [6.45, 7) is 11.0. The van der Waals surface area contributed by atoms with E-state index < -0.39 is 0 Å². The van der Waals surface area contributed by atoms with Gasteiger partial charge in [0.15, 0.2) is 0 Å². The van der Waals surface area contributed by atoms with Gasteiger partial charge in [-0.3, -0.25) is 0 Å². The Morgan fingerprint density at radius 2 is 1.71 bits per heavy atom. The number of hydrogen-bond donors (Lipinski definition) is 0. The third-order valence-electron chi connectivity index (χ3n) is 2.32. The molecular weight excluding hydrogens is 168 g/mol. The molecule has 14 heavy (non-hydrogen) atoms. The molecule has 0 amide bonds. The molecular formula is C14H20. The number of aryl methyl sites for hydroxylation is 1. The second-order valence-electron chi connectivity index (χ2n) is 4.88. The summed E-state index contributed by atoms with van der Waals surface area (Å²) >= 11 is 0. The SMILES string of the molecule is CC=Cc1cc(C)cc(C(C)(C)C)c1. The van der Waals surface area contributed by atoms with Crippen molar-refractivity contribution < 1.29 is 0 Å². The van der Waals surface area contributed by atoms with E-state index in [0.717, 1.165) is 0 Å². The van der Waals surface area contributed by atoms with E-state index in [-0.39, 0.29) is 5.41 Å². The highest BCUT2D eigenvalue weighted by molar-refractivity contribution is 5.52. The Kier molecular flexibility index (Phi) is 3.15. The quantitative estimate of drug-likeness (QED) is 0.615. The maximum absolute atomic E-state index is 2.27. The van der Waals surface area contributed by atoms with E-state index in [0.29, 0.717) is 0 Å². The second kappa shape index (κ2) is 4.00. The van der Waals surface area contributed by atoms with Gasteiger partial charge in [0.1, 0.15) is 0 Å². The molecule has 0 saturated carbocycles. The van der Waals surface area contributed by atoms with Crippen molar-refractivity contribution in [3.05, 3.63) is 41.0 Å². The molecule has 0 unspecified atom stereocenters. The molecule has 0 atom stereocenters. The Bertz CT molecular complexity index is 338. The second-order valence-corrected chi connectivity index (χ2v) is 4.88. The molecule has 0 saturated heterocycles. The maximum Gasteiger partial charge on any atom is -0.0132 e. The Morgan fingerprint density at radius 1 is 1.07 bits per heavy atom. The molecule has 1 aromatic carbocycles. The lowest BCUT2D eigenvalue weighted by Gasteiger charge is -2.20. The zero-order valence-electron chi connectivity index (χ0n) is 9.89. The van der Waals surface area contributed by atoms with Crippen molar-refractivity contribution in [1.29, 1.82) is 0 Å². The number of hydrogen-bond acceptors (Lipinski definition) is 0. The summed E-state index contributed by atoms with van der Waals surface area (Å²) in [6, 6.07) is 6.76. The largest absolute Gasteiger partial charge is 0.0871 e. The predicted octanol–water partition coefficient (Wildman–Crippen LogP) is 4.33. The fourth-order valence-corrected chi connectivity index (χ4v) is 1.53. The topological polar surface area (TPSA) is 0 Å². The van der Waals surface area contributed by atoms with Crippen molar-refractivity contribution in [3.8, 4) is 0 Å². The highest BCUT2D eigenvalue weighted by atomic mass is 14.2. The zero-order valence-corrected chi connectivity index (χ0v) is 9.89. The van der Waals surface area contributed by atoms with Gasteiger partial charge in [0, 0.05) is 0 Å². The first-order valence-corrected chi connectivity index (χ1v) is 5.18. The Labute approximate surface area is 87.7 Å². The van der Waals surface area contributed by atoms with Crippen LogP contribution in [-0.2, 0) is 5.41 Å². The van der Waals surface area contributed by atoms with Gasteiger partial charge in [0.25, 0.3) is 0 Å². The molecule has 0 spiro atoms. The third kappa shape index (κ3) is 2.73. The molecule has 0 heteroatoms. The van der Waals surface area contributed by atoms with Gasteiger partial charge >= 0.3 is 0 Å². The molecule has 0 aromatic heterocycles. The average Bonchev–Trinajstić information content (AvgIpc) is 2.02. The molecule has 0 bridgehead atoms. The Hall–Kier alpha value is -1.04. The molecule has 0 aliphatic heterocycles. The van der Waals surface area contributed by atoms with Crippen molar-refractivity contribution in [1.82, 2.24) is 0 Å². The van der Waals surface area contributed by atoms with Crippen LogP contribution in [0.25, 0.3) is 6.08 Å². The minimum Gasteiger partial charge on any atom is -0.0871 e. The van der Waals surface area contributed by atoms with E-state index in [1.165, 1.54) is 16.7 Å². The fourth-order valence-electron chi connectivity index (χ4n) is 1.53. The van der Waals surface area contributed by atoms with Crippen molar-refractivity contribution in [2.24, 2.45) is 0 Å². The first-order valence-electron chi connectivity index (χ1n) is 5.18. The van der Waals surface area contributed by atoms with Gasteiger partial charge in [-0.15, -0.1) is 0 Å². The number of rotatable bonds is 1. The van der Waals surface area contributed by atoms with Crippen LogP contribution in [0.15, 0.2) is 24.3 Å². The van der Waals surface area contributed by atoms with Crippen LogP contribution in [0.2, 0.25) is 0 Å². The summed E-state index contributed by atoms with van der Waals surface area (Å²) in [5.74, 6) is 0. The van der Waals surface area contributed by atoms with Gasteiger partial charge in [-0.2, -0.15) is 0 Å². The summed E-state index contributed by atoms with van der Waals surface area (Å²) in [7, 11) is 0. The third-order valence-corrected chi connectivity index (χ3v) is 2.32. The lowest BCUT2D eigenvalue weighted by Crippen LogP contribution is -2.11. The van der Waals surface area contributed by atoms with Crippen LogP contribution in [0.3, 0.4) is 0 Å². The van der Waals surface area contributed by atoms with Gasteiger partial charge in [-0.1, -0.05) is 56.7 Å². The van der Waals surface area contributed by atoms with Crippen molar-refractivity contribution in [3.63, 3.8) is 0 Å². The maximum atomic E-state index is 2.27. The van der Waals surface area contributed by atoms with Crippen molar-refractivity contribution in [2.45, 2.75) is 40.0 Å². The first kappa shape index (κ1) is 11.0. The molecule has 0 radical (unpaired) electrons. The minimum absolute atomic E-state index is 0.238. The van der Waals surface area contributed by atoms with Gasteiger partial charge in [0.2, 0.25) is 0 Å². The Balaban J connectivity index is 3.20. The molecule has 0 nitrogen and oxygen atoms in total. The Morgan fingerprint density at radius 3 is 2.21 bits per heavy atom. The normalized spacial score (nSPS) is 12.4. The van der Waals surface area contributed by atoms with E-state index in [1.54, 1.807) is 0 Å². The van der Waals surface area contributed by atoms with Gasteiger partial charge in [0.05, 0.1) is 0 Å². The summed E-state index contributed by atoms with van der Waals surface area (Å²) in [6.07, 6.45) is 4.24. The van der Waals surface area contributed by atoms with Gasteiger partial charge < -0.3 is 0 Å². The molecule has 0 N–H and O–H groups in total. The highest BCUT2D eigenvalue weighted by Crippen LogP contribution is 2.24. The lowest BCUT2D eigenvalue weighted by molar-refractivity contribution is 0.589. The minimum atomic E-state index is 0.238. The fraction of sp³-hybridized carbons (Fsp3) is 0.429. The number of allylic oxidation sites excluding steroid dienone is 1. The van der Waals surface area contributed by atoms with Crippen LogP contribution >= 0.6 is 0 Å². The van der Waals surface area contributed by atoms with E-state index in [2.05, 4.69) is 65.0 Å². The van der Waals surface area contributed by atoms with Crippen LogP contribution in [0.1, 0.15) is 44.4 Å². The van der Waals surface area contributed by atoms with Crippen molar-refractivity contribution >= 4 is 6.08 Å². The smallest absolute Gasteiger partial charge is 0.0132 e. The molecule has 1 aromatic rings. The standard InChI is InChI=1S/C14H20/c1-6-7-12-8-11(2)9-13(10-12)14(3,4)5/h6-10H,1-5H3. The summed E-state index contributed by atoms with van der Waals surface area (Å²) in [4.78, 5) is 0. The van der Waals surface area contributed by atoms with Gasteiger partial charge in [-0.25, -0.2) is 0 Å². The van der Waals surface area contributed by atoms with Crippen LogP contribution in [0, 0.1) is 6.92 Å². The molecule has 0 heterocycles. The highest BCUT2D eigenvalue weighted by Gasteiger charge is 2.13. The summed E-state index contributed by atoms with van der Waals surface area (Å²) in [5.41, 5.74) is 4.29. The number of benzene rings is 1. The summed E-state index contributed by atoms with van der Waals surface area (Å²) in [5, 5.41) is 0. The average molecular weight is 188 g/mol. The van der Waals surface area contributed by atoms with Crippen LogP contribution in [0.5, 0.6) is 0 Å². The van der Waals surface area contributed by atoms with E-state index >= 15 is 0 Å².